The van der Waals surface area contributed by atoms with E-state index in [1.54, 1.807) is 4.90 Å². The van der Waals surface area contributed by atoms with Crippen molar-refractivity contribution >= 4 is 6.09 Å². The summed E-state index contributed by atoms with van der Waals surface area (Å²) in [5.74, 6) is 0. The Morgan fingerprint density at radius 3 is 1.41 bits per heavy atom. The summed E-state index contributed by atoms with van der Waals surface area (Å²) in [6.07, 6.45) is 0.754. The highest BCUT2D eigenvalue weighted by molar-refractivity contribution is 5.67. The van der Waals surface area contributed by atoms with Crippen LogP contribution in [0.2, 0.25) is 0 Å². The van der Waals surface area contributed by atoms with Gasteiger partial charge in [-0.3, -0.25) is 4.70 Å². The minimum absolute atomic E-state index is 0. The maximum absolute atomic E-state index is 11.5. The van der Waals surface area contributed by atoms with E-state index in [9.17, 15) is 4.79 Å². The summed E-state index contributed by atoms with van der Waals surface area (Å²) in [5.41, 5.74) is -0.391. The van der Waals surface area contributed by atoms with Gasteiger partial charge in [-0.05, 0) is 34.1 Å². The van der Waals surface area contributed by atoms with Crippen molar-refractivity contribution in [3.8, 4) is 0 Å². The first-order valence-corrected chi connectivity index (χ1v) is 5.45. The Morgan fingerprint density at radius 1 is 0.909 bits per heavy atom. The average molecular weight is 359 g/mol. The van der Waals surface area contributed by atoms with E-state index in [1.807, 2.05) is 34.6 Å². The molecule has 22 heavy (non-hydrogen) atoms. The van der Waals surface area contributed by atoms with Gasteiger partial charge in [0, 0.05) is 49.7 Å². The highest BCUT2D eigenvalue weighted by Gasteiger charge is 2.19. The van der Waals surface area contributed by atoms with Crippen LogP contribution in [0.3, 0.4) is 0 Å². The number of halogens is 9. The van der Waals surface area contributed by atoms with Gasteiger partial charge in [0.1, 0.15) is 5.60 Å². The zero-order valence-corrected chi connectivity index (χ0v) is 12.8. The van der Waals surface area contributed by atoms with Gasteiger partial charge in [-0.25, -0.2) is 4.79 Å². The summed E-state index contributed by atoms with van der Waals surface area (Å²) in [6.45, 7) is 11.1. The molecule has 0 aromatic rings. The van der Waals surface area contributed by atoms with Crippen LogP contribution in [0.4, 0.5) is 46.1 Å². The van der Waals surface area contributed by atoms with Gasteiger partial charge in [-0.2, -0.15) is 0 Å². The van der Waals surface area contributed by atoms with Crippen LogP contribution < -0.4 is 0 Å². The monoisotopic (exact) mass is 359 g/mol. The minimum atomic E-state index is -0.391. The van der Waals surface area contributed by atoms with Crippen molar-refractivity contribution in [2.75, 3.05) is 13.1 Å². The largest absolute Gasteiger partial charge is 0.444 e. The molecule has 0 aliphatic heterocycles. The summed E-state index contributed by atoms with van der Waals surface area (Å²) in [6, 6.07) is 0. The van der Waals surface area contributed by atoms with E-state index in [0.29, 0.717) is 6.54 Å². The summed E-state index contributed by atoms with van der Waals surface area (Å²) >= 11 is 0. The molecule has 0 bridgehead atoms. The van der Waals surface area contributed by atoms with E-state index in [2.05, 4.69) is 0 Å². The molecule has 0 fully saturated rings. The number of ether oxygens (including phenoxy) is 1. The van der Waals surface area contributed by atoms with E-state index in [4.69, 9.17) is 41.3 Å². The van der Waals surface area contributed by atoms with Crippen LogP contribution in [0, 0.1) is 0 Å². The molecule has 3 nitrogen and oxygen atoms in total. The maximum Gasteiger partial charge on any atom is 0.410 e. The van der Waals surface area contributed by atoms with Gasteiger partial charge >= 0.3 is 6.09 Å². The number of hydrogen-bond donors (Lipinski definition) is 0. The molecule has 0 aromatic carbocycles. The van der Waals surface area contributed by atoms with Gasteiger partial charge in [-0.1, -0.05) is 6.92 Å². The van der Waals surface area contributed by atoms with Crippen molar-refractivity contribution in [2.45, 2.75) is 46.6 Å². The molecule has 0 aliphatic carbocycles. The second-order valence-electron chi connectivity index (χ2n) is 4.06. The van der Waals surface area contributed by atoms with Crippen molar-refractivity contribution < 1.29 is 50.8 Å². The standard InChI is InChI=1S/C10H21NO2.4F2.FH/c1-6-8-11(7-2)9(12)13-10(3,4)5;4*1-2;/h6-8H2,1-5H3;;;;;1H. The summed E-state index contributed by atoms with van der Waals surface area (Å²) in [5, 5.41) is 0. The van der Waals surface area contributed by atoms with Crippen LogP contribution in [0.25, 0.3) is 0 Å². The van der Waals surface area contributed by atoms with Gasteiger partial charge in [0.2, 0.25) is 0 Å². The Morgan fingerprint density at radius 2 is 1.23 bits per heavy atom. The fourth-order valence-corrected chi connectivity index (χ4v) is 0.975. The number of rotatable bonds is 3. The van der Waals surface area contributed by atoms with Crippen LogP contribution in [0.15, 0.2) is 0 Å². The molecule has 0 saturated heterocycles. The zero-order valence-electron chi connectivity index (χ0n) is 12.8. The van der Waals surface area contributed by atoms with Crippen LogP contribution in [0.5, 0.6) is 0 Å². The predicted octanol–water partition coefficient (Wildman–Crippen LogP) is 6.17. The molecular formula is C10H22F9NO2. The van der Waals surface area contributed by atoms with Crippen molar-refractivity contribution in [2.24, 2.45) is 0 Å². The third kappa shape index (κ3) is 36.3. The minimum Gasteiger partial charge on any atom is -0.444 e. The molecule has 0 radical (unpaired) electrons. The third-order valence-corrected chi connectivity index (χ3v) is 1.53. The Labute approximate surface area is 123 Å². The lowest BCUT2D eigenvalue weighted by Crippen LogP contribution is -2.37. The first-order chi connectivity index (χ1) is 9.90. The number of amides is 1. The van der Waals surface area contributed by atoms with Crippen molar-refractivity contribution in [3.05, 3.63) is 0 Å². The molecule has 0 aliphatic rings. The van der Waals surface area contributed by atoms with Gasteiger partial charge < -0.3 is 9.64 Å². The molecule has 0 saturated carbocycles. The molecule has 0 heterocycles. The molecule has 142 valence electrons. The van der Waals surface area contributed by atoms with Gasteiger partial charge in [0.25, 0.3) is 0 Å². The van der Waals surface area contributed by atoms with Gasteiger partial charge in [0.15, 0.2) is 0 Å². The molecule has 0 rings (SSSR count). The van der Waals surface area contributed by atoms with E-state index in [1.165, 1.54) is 0 Å². The van der Waals surface area contributed by atoms with E-state index >= 15 is 0 Å². The normalized spacial score (nSPS) is 7.68. The van der Waals surface area contributed by atoms with E-state index in [0.717, 1.165) is 13.0 Å². The molecule has 1 amide bonds. The second kappa shape index (κ2) is 31.8. The third-order valence-electron chi connectivity index (χ3n) is 1.53. The fraction of sp³-hybridized carbons (Fsp3) is 0.900. The lowest BCUT2D eigenvalue weighted by atomic mass is 10.2. The number of hydrogen-bond acceptors (Lipinski definition) is 2. The summed E-state index contributed by atoms with van der Waals surface area (Å²) in [7, 11) is 0. The Bertz CT molecular complexity index is 182. The summed E-state index contributed by atoms with van der Waals surface area (Å²) in [4.78, 5) is 13.2. The average Bonchev–Trinajstić information content (AvgIpc) is 2.51. The number of carbonyl (C=O) groups excluding carboxylic acids is 1. The van der Waals surface area contributed by atoms with Crippen LogP contribution in [-0.4, -0.2) is 29.7 Å². The van der Waals surface area contributed by atoms with Crippen molar-refractivity contribution in [1.29, 1.82) is 0 Å². The molecule has 0 unspecified atom stereocenters. The molecule has 0 N–H and O–H groups in total. The van der Waals surface area contributed by atoms with Crippen molar-refractivity contribution in [3.63, 3.8) is 0 Å². The SMILES string of the molecule is CCCN(CC)C(=O)OC(C)(C)C.F.FF.FF.FF.FF. The number of nitrogens with zero attached hydrogens (tertiary/aromatic N) is 1. The molecule has 0 aromatic heterocycles. The Balaban J connectivity index is -0.0000000613. The first-order valence-electron chi connectivity index (χ1n) is 5.45. The zero-order chi connectivity index (χ0) is 18.5. The Kier molecular flexibility index (Phi) is 53.8. The van der Waals surface area contributed by atoms with Crippen LogP contribution in [-0.2, 0) is 4.74 Å². The predicted molar refractivity (Wildman–Crippen MR) is 65.1 cm³/mol. The van der Waals surface area contributed by atoms with Gasteiger partial charge in [-0.15, -0.1) is 0 Å². The lowest BCUT2D eigenvalue weighted by molar-refractivity contribution is 0.0260. The second-order valence-corrected chi connectivity index (χ2v) is 4.06. The highest BCUT2D eigenvalue weighted by atomic mass is 20.0. The smallest absolute Gasteiger partial charge is 0.410 e. The Hall–Kier alpha value is -1.36. The first kappa shape index (κ1) is 37.1. The van der Waals surface area contributed by atoms with Crippen LogP contribution in [0.1, 0.15) is 41.0 Å². The van der Waals surface area contributed by atoms with Crippen LogP contribution >= 0.6 is 0 Å². The highest BCUT2D eigenvalue weighted by Crippen LogP contribution is 2.09. The number of carbonyl (C=O) groups is 1. The molecule has 0 atom stereocenters. The molecule has 0 spiro atoms. The van der Waals surface area contributed by atoms with E-state index < -0.39 is 5.60 Å². The molecule has 12 heteroatoms. The van der Waals surface area contributed by atoms with Gasteiger partial charge in [0.05, 0.1) is 0 Å². The van der Waals surface area contributed by atoms with Crippen molar-refractivity contribution in [1.82, 2.24) is 4.90 Å². The lowest BCUT2D eigenvalue weighted by Gasteiger charge is -2.26. The summed E-state index contributed by atoms with van der Waals surface area (Å²) < 4.78 is 69.2. The maximum atomic E-state index is 11.5. The van der Waals surface area contributed by atoms with E-state index in [-0.39, 0.29) is 10.8 Å². The fourth-order valence-electron chi connectivity index (χ4n) is 0.975. The quantitative estimate of drug-likeness (QED) is 0.564. The topological polar surface area (TPSA) is 29.5 Å². The molecular weight excluding hydrogens is 337 g/mol.